The lowest BCUT2D eigenvalue weighted by molar-refractivity contribution is 0.0936. The molecule has 0 fully saturated rings. The predicted octanol–water partition coefficient (Wildman–Crippen LogP) is 0.826. The van der Waals surface area contributed by atoms with Gasteiger partial charge in [-0.15, -0.1) is 0 Å². The maximum atomic E-state index is 11.5. The van der Waals surface area contributed by atoms with Crippen molar-refractivity contribution in [3.05, 3.63) is 30.1 Å². The molecule has 92 valence electrons. The van der Waals surface area contributed by atoms with Crippen molar-refractivity contribution >= 4 is 11.9 Å². The molecule has 0 spiro atoms. The molecule has 1 aromatic heterocycles. The first-order valence-electron chi connectivity index (χ1n) is 5.48. The average molecular weight is 236 g/mol. The number of amides is 3. The number of unbranched alkanes of at least 4 members (excludes halogenated alkanes) is 1. The SMILES string of the molecule is CCCCNC(=O)NNC(=O)c1cccnc1. The fourth-order valence-corrected chi connectivity index (χ4v) is 1.11. The van der Waals surface area contributed by atoms with Crippen molar-refractivity contribution < 1.29 is 9.59 Å². The number of hydrogen-bond acceptors (Lipinski definition) is 3. The molecular weight excluding hydrogens is 220 g/mol. The minimum absolute atomic E-state index is 0.390. The molecule has 0 bridgehead atoms. The van der Waals surface area contributed by atoms with Gasteiger partial charge in [-0.3, -0.25) is 15.2 Å². The van der Waals surface area contributed by atoms with Crippen molar-refractivity contribution in [3.8, 4) is 0 Å². The van der Waals surface area contributed by atoms with E-state index in [2.05, 4.69) is 21.2 Å². The third-order valence-corrected chi connectivity index (χ3v) is 2.03. The van der Waals surface area contributed by atoms with Crippen LogP contribution in [0.25, 0.3) is 0 Å². The molecule has 0 aromatic carbocycles. The third-order valence-electron chi connectivity index (χ3n) is 2.03. The van der Waals surface area contributed by atoms with E-state index in [1.165, 1.54) is 6.20 Å². The number of nitrogens with zero attached hydrogens (tertiary/aromatic N) is 1. The van der Waals surface area contributed by atoms with Gasteiger partial charge in [0.1, 0.15) is 0 Å². The molecule has 6 nitrogen and oxygen atoms in total. The minimum atomic E-state index is -0.421. The molecule has 3 amide bonds. The highest BCUT2D eigenvalue weighted by molar-refractivity contribution is 5.94. The molecule has 0 atom stereocenters. The largest absolute Gasteiger partial charge is 0.337 e. The van der Waals surface area contributed by atoms with Gasteiger partial charge in [-0.25, -0.2) is 10.2 Å². The Hall–Kier alpha value is -2.11. The molecule has 0 aliphatic heterocycles. The zero-order valence-corrected chi connectivity index (χ0v) is 9.69. The van der Waals surface area contributed by atoms with Gasteiger partial charge >= 0.3 is 6.03 Å². The van der Waals surface area contributed by atoms with E-state index < -0.39 is 11.9 Å². The van der Waals surface area contributed by atoms with Crippen LogP contribution in [-0.4, -0.2) is 23.5 Å². The number of hydrogen-bond donors (Lipinski definition) is 3. The Labute approximate surface area is 99.8 Å². The normalized spacial score (nSPS) is 9.47. The molecule has 0 saturated heterocycles. The first-order chi connectivity index (χ1) is 8.24. The van der Waals surface area contributed by atoms with Crippen LogP contribution in [0.4, 0.5) is 4.79 Å². The van der Waals surface area contributed by atoms with E-state index in [9.17, 15) is 9.59 Å². The van der Waals surface area contributed by atoms with E-state index in [4.69, 9.17) is 0 Å². The van der Waals surface area contributed by atoms with E-state index >= 15 is 0 Å². The summed E-state index contributed by atoms with van der Waals surface area (Å²) in [7, 11) is 0. The first kappa shape index (κ1) is 13.0. The zero-order valence-electron chi connectivity index (χ0n) is 9.69. The van der Waals surface area contributed by atoms with Crippen LogP contribution in [0.5, 0.6) is 0 Å². The van der Waals surface area contributed by atoms with Gasteiger partial charge in [0, 0.05) is 18.9 Å². The first-order valence-corrected chi connectivity index (χ1v) is 5.48. The molecule has 1 rings (SSSR count). The van der Waals surface area contributed by atoms with Crippen molar-refractivity contribution in [1.29, 1.82) is 0 Å². The Bertz CT molecular complexity index is 367. The molecule has 6 heteroatoms. The van der Waals surface area contributed by atoms with Crippen LogP contribution in [0.1, 0.15) is 30.1 Å². The average Bonchev–Trinajstić information content (AvgIpc) is 2.37. The van der Waals surface area contributed by atoms with Crippen LogP contribution in [0.2, 0.25) is 0 Å². The summed E-state index contributed by atoms with van der Waals surface area (Å²) in [6, 6.07) is 2.84. The summed E-state index contributed by atoms with van der Waals surface area (Å²) >= 11 is 0. The standard InChI is InChI=1S/C11H16N4O2/c1-2-3-7-13-11(17)15-14-10(16)9-5-4-6-12-8-9/h4-6,8H,2-3,7H2,1H3,(H,14,16)(H2,13,15,17). The van der Waals surface area contributed by atoms with Crippen LogP contribution in [-0.2, 0) is 0 Å². The Morgan fingerprint density at radius 2 is 2.18 bits per heavy atom. The van der Waals surface area contributed by atoms with Crippen LogP contribution >= 0.6 is 0 Å². The lowest BCUT2D eigenvalue weighted by Gasteiger charge is -2.08. The van der Waals surface area contributed by atoms with Crippen molar-refractivity contribution in [3.63, 3.8) is 0 Å². The fourth-order valence-electron chi connectivity index (χ4n) is 1.11. The molecule has 0 saturated carbocycles. The second-order valence-electron chi connectivity index (χ2n) is 3.43. The molecule has 17 heavy (non-hydrogen) atoms. The predicted molar refractivity (Wildman–Crippen MR) is 63.1 cm³/mol. The van der Waals surface area contributed by atoms with E-state index in [-0.39, 0.29) is 0 Å². The van der Waals surface area contributed by atoms with Crippen LogP contribution in [0, 0.1) is 0 Å². The second-order valence-corrected chi connectivity index (χ2v) is 3.43. The number of aromatic nitrogens is 1. The number of nitrogens with one attached hydrogen (secondary N) is 3. The Morgan fingerprint density at radius 3 is 2.82 bits per heavy atom. The maximum absolute atomic E-state index is 11.5. The molecule has 0 aliphatic rings. The molecule has 1 heterocycles. The van der Waals surface area contributed by atoms with E-state index in [1.807, 2.05) is 6.92 Å². The molecular formula is C11H16N4O2. The highest BCUT2D eigenvalue weighted by atomic mass is 16.2. The molecule has 0 radical (unpaired) electrons. The van der Waals surface area contributed by atoms with Gasteiger partial charge in [0.05, 0.1) is 5.56 Å². The summed E-state index contributed by atoms with van der Waals surface area (Å²) in [6.07, 6.45) is 4.90. The van der Waals surface area contributed by atoms with Gasteiger partial charge in [0.15, 0.2) is 0 Å². The molecule has 0 aliphatic carbocycles. The number of urea groups is 1. The van der Waals surface area contributed by atoms with Crippen LogP contribution < -0.4 is 16.2 Å². The fraction of sp³-hybridized carbons (Fsp3) is 0.364. The number of pyridine rings is 1. The Kier molecular flexibility index (Phi) is 5.50. The van der Waals surface area contributed by atoms with Gasteiger partial charge in [0.25, 0.3) is 5.91 Å². The third kappa shape index (κ3) is 4.96. The van der Waals surface area contributed by atoms with E-state index in [0.717, 1.165) is 12.8 Å². The topological polar surface area (TPSA) is 83.1 Å². The van der Waals surface area contributed by atoms with Gasteiger partial charge in [-0.05, 0) is 18.6 Å². The highest BCUT2D eigenvalue weighted by Gasteiger charge is 2.05. The summed E-state index contributed by atoms with van der Waals surface area (Å²) in [6.45, 7) is 2.62. The van der Waals surface area contributed by atoms with Crippen LogP contribution in [0.3, 0.4) is 0 Å². The lowest BCUT2D eigenvalue weighted by Crippen LogP contribution is -2.47. The van der Waals surface area contributed by atoms with E-state index in [0.29, 0.717) is 12.1 Å². The van der Waals surface area contributed by atoms with Crippen molar-refractivity contribution in [2.24, 2.45) is 0 Å². The quantitative estimate of drug-likeness (QED) is 0.534. The second kappa shape index (κ2) is 7.21. The minimum Gasteiger partial charge on any atom is -0.337 e. The summed E-state index contributed by atoms with van der Waals surface area (Å²) < 4.78 is 0. The maximum Gasteiger partial charge on any atom is 0.333 e. The smallest absolute Gasteiger partial charge is 0.333 e. The Balaban J connectivity index is 2.26. The van der Waals surface area contributed by atoms with Gasteiger partial charge in [-0.2, -0.15) is 0 Å². The summed E-state index contributed by atoms with van der Waals surface area (Å²) in [4.78, 5) is 26.5. The molecule has 1 aromatic rings. The number of rotatable bonds is 4. The number of hydrazine groups is 1. The number of carbonyl (C=O) groups is 2. The van der Waals surface area contributed by atoms with Gasteiger partial charge in [-0.1, -0.05) is 13.3 Å². The van der Waals surface area contributed by atoms with E-state index in [1.54, 1.807) is 18.3 Å². The molecule has 0 unspecified atom stereocenters. The van der Waals surface area contributed by atoms with Crippen molar-refractivity contribution in [2.75, 3.05) is 6.54 Å². The zero-order chi connectivity index (χ0) is 12.5. The van der Waals surface area contributed by atoms with Crippen LogP contribution in [0.15, 0.2) is 24.5 Å². The molecule has 3 N–H and O–H groups in total. The summed E-state index contributed by atoms with van der Waals surface area (Å²) in [5, 5.41) is 2.61. The highest BCUT2D eigenvalue weighted by Crippen LogP contribution is 1.93. The summed E-state index contributed by atoms with van der Waals surface area (Å²) in [5.74, 6) is -0.399. The van der Waals surface area contributed by atoms with Crippen molar-refractivity contribution in [1.82, 2.24) is 21.2 Å². The van der Waals surface area contributed by atoms with Crippen molar-refractivity contribution in [2.45, 2.75) is 19.8 Å². The van der Waals surface area contributed by atoms with Gasteiger partial charge < -0.3 is 5.32 Å². The number of carbonyl (C=O) groups excluding carboxylic acids is 2. The Morgan fingerprint density at radius 1 is 1.35 bits per heavy atom. The summed E-state index contributed by atoms with van der Waals surface area (Å²) in [5.41, 5.74) is 4.94. The monoisotopic (exact) mass is 236 g/mol. The lowest BCUT2D eigenvalue weighted by atomic mass is 10.3. The van der Waals surface area contributed by atoms with Gasteiger partial charge in [0.2, 0.25) is 0 Å².